The molecule has 1 saturated heterocycles. The number of rotatable bonds is 3. The lowest BCUT2D eigenvalue weighted by Gasteiger charge is -2.32. The van der Waals surface area contributed by atoms with Gasteiger partial charge in [-0.3, -0.25) is 14.6 Å². The first-order valence-electron chi connectivity index (χ1n) is 8.34. The van der Waals surface area contributed by atoms with Crippen molar-refractivity contribution in [2.45, 2.75) is 19.8 Å². The van der Waals surface area contributed by atoms with Crippen LogP contribution in [0.5, 0.6) is 0 Å². The molecule has 0 bridgehead atoms. The number of amides is 2. The summed E-state index contributed by atoms with van der Waals surface area (Å²) >= 11 is 1.52. The second-order valence-corrected chi connectivity index (χ2v) is 7.35. The maximum absolute atomic E-state index is 12.8. The molecule has 0 radical (unpaired) electrons. The number of nitrogens with zero attached hydrogens (tertiary/aromatic N) is 4. The van der Waals surface area contributed by atoms with Gasteiger partial charge >= 0.3 is 0 Å². The summed E-state index contributed by atoms with van der Waals surface area (Å²) in [4.78, 5) is 37.9. The van der Waals surface area contributed by atoms with Gasteiger partial charge in [0.2, 0.25) is 5.91 Å². The van der Waals surface area contributed by atoms with E-state index in [4.69, 9.17) is 0 Å². The summed E-state index contributed by atoms with van der Waals surface area (Å²) < 4.78 is 0. The molecule has 25 heavy (non-hydrogen) atoms. The van der Waals surface area contributed by atoms with Gasteiger partial charge in [-0.15, -0.1) is 11.3 Å². The second kappa shape index (κ2) is 7.31. The van der Waals surface area contributed by atoms with Crippen LogP contribution in [0.25, 0.3) is 10.6 Å². The van der Waals surface area contributed by atoms with Crippen LogP contribution in [0.2, 0.25) is 0 Å². The Morgan fingerprint density at radius 2 is 1.96 bits per heavy atom. The Hall–Kier alpha value is -2.28. The summed E-state index contributed by atoms with van der Waals surface area (Å²) in [7, 11) is 3.56. The van der Waals surface area contributed by atoms with Crippen LogP contribution in [0.15, 0.2) is 23.8 Å². The van der Waals surface area contributed by atoms with Crippen molar-refractivity contribution < 1.29 is 9.59 Å². The van der Waals surface area contributed by atoms with E-state index in [2.05, 4.69) is 9.97 Å². The Kier molecular flexibility index (Phi) is 5.13. The maximum Gasteiger partial charge on any atom is 0.253 e. The quantitative estimate of drug-likeness (QED) is 0.845. The minimum absolute atomic E-state index is 0.00145. The first-order chi connectivity index (χ1) is 12.0. The number of pyridine rings is 1. The predicted octanol–water partition coefficient (Wildman–Crippen LogP) is 2.45. The minimum Gasteiger partial charge on any atom is -0.349 e. The highest BCUT2D eigenvalue weighted by Gasteiger charge is 2.28. The van der Waals surface area contributed by atoms with Crippen LogP contribution >= 0.6 is 11.3 Å². The van der Waals surface area contributed by atoms with Crippen LogP contribution in [-0.4, -0.2) is 58.8 Å². The number of hydrogen-bond acceptors (Lipinski definition) is 5. The minimum atomic E-state index is 0.00145. The average molecular weight is 358 g/mol. The van der Waals surface area contributed by atoms with Crippen molar-refractivity contribution in [2.75, 3.05) is 27.2 Å². The van der Waals surface area contributed by atoms with E-state index in [0.29, 0.717) is 31.5 Å². The van der Waals surface area contributed by atoms with Gasteiger partial charge in [-0.2, -0.15) is 0 Å². The first kappa shape index (κ1) is 17.5. The summed E-state index contributed by atoms with van der Waals surface area (Å²) in [6.45, 7) is 3.16. The van der Waals surface area contributed by atoms with Gasteiger partial charge in [0, 0.05) is 44.9 Å². The Bertz CT molecular complexity index is 779. The highest BCUT2D eigenvalue weighted by atomic mass is 32.1. The first-order valence-corrected chi connectivity index (χ1v) is 9.22. The smallest absolute Gasteiger partial charge is 0.253 e. The van der Waals surface area contributed by atoms with Gasteiger partial charge in [0.1, 0.15) is 0 Å². The zero-order chi connectivity index (χ0) is 18.0. The van der Waals surface area contributed by atoms with E-state index in [1.807, 2.05) is 17.9 Å². The molecular weight excluding hydrogens is 336 g/mol. The summed E-state index contributed by atoms with van der Waals surface area (Å²) in [5.41, 5.74) is 4.12. The van der Waals surface area contributed by atoms with E-state index < -0.39 is 0 Å². The Morgan fingerprint density at radius 1 is 1.24 bits per heavy atom. The lowest BCUT2D eigenvalue weighted by atomic mass is 9.95. The third-order valence-electron chi connectivity index (χ3n) is 4.56. The highest BCUT2D eigenvalue weighted by molar-refractivity contribution is 7.13. The van der Waals surface area contributed by atoms with Gasteiger partial charge in [-0.25, -0.2) is 4.98 Å². The van der Waals surface area contributed by atoms with E-state index in [1.54, 1.807) is 36.8 Å². The number of likely N-dealkylation sites (tertiary alicyclic amines) is 1. The largest absolute Gasteiger partial charge is 0.349 e. The topological polar surface area (TPSA) is 66.4 Å². The van der Waals surface area contributed by atoms with E-state index in [-0.39, 0.29) is 17.7 Å². The van der Waals surface area contributed by atoms with E-state index in [1.165, 1.54) is 11.3 Å². The molecule has 2 aromatic heterocycles. The molecule has 1 fully saturated rings. The maximum atomic E-state index is 12.8. The van der Waals surface area contributed by atoms with Crippen molar-refractivity contribution >= 4 is 23.2 Å². The van der Waals surface area contributed by atoms with Crippen LogP contribution in [0.4, 0.5) is 0 Å². The number of thiazole rings is 1. The van der Waals surface area contributed by atoms with Crippen molar-refractivity contribution in [1.82, 2.24) is 19.8 Å². The molecule has 0 unspecified atom stereocenters. The van der Waals surface area contributed by atoms with Crippen LogP contribution < -0.4 is 0 Å². The van der Waals surface area contributed by atoms with Gasteiger partial charge in [0.25, 0.3) is 5.91 Å². The SMILES string of the molecule is Cc1ncsc1-c1cc(C(=O)N2CCC(C(=O)N(C)C)CC2)ccn1. The molecule has 0 spiro atoms. The molecule has 0 saturated carbocycles. The third kappa shape index (κ3) is 3.71. The van der Waals surface area contributed by atoms with Gasteiger partial charge in [0.05, 0.1) is 21.8 Å². The molecule has 132 valence electrons. The molecule has 1 aliphatic rings. The number of aromatic nitrogens is 2. The molecule has 0 N–H and O–H groups in total. The second-order valence-electron chi connectivity index (χ2n) is 6.50. The fraction of sp³-hybridized carbons (Fsp3) is 0.444. The Morgan fingerprint density at radius 3 is 2.56 bits per heavy atom. The summed E-state index contributed by atoms with van der Waals surface area (Å²) in [6.07, 6.45) is 3.10. The molecule has 3 heterocycles. The van der Waals surface area contributed by atoms with Gasteiger partial charge in [-0.1, -0.05) is 0 Å². The van der Waals surface area contributed by atoms with Crippen LogP contribution in [0.3, 0.4) is 0 Å². The van der Waals surface area contributed by atoms with Crippen molar-refractivity contribution in [3.05, 3.63) is 35.1 Å². The standard InChI is InChI=1S/C18H22N4O2S/c1-12-16(25-11-20-12)15-10-14(4-7-19-15)18(24)22-8-5-13(6-9-22)17(23)21(2)3/h4,7,10-11,13H,5-6,8-9H2,1-3H3. The summed E-state index contributed by atoms with van der Waals surface area (Å²) in [5, 5.41) is 0. The highest BCUT2D eigenvalue weighted by Crippen LogP contribution is 2.27. The number of hydrogen-bond donors (Lipinski definition) is 0. The van der Waals surface area contributed by atoms with Gasteiger partial charge in [-0.05, 0) is 31.9 Å². The summed E-state index contributed by atoms with van der Waals surface area (Å²) in [5.74, 6) is 0.174. The number of piperidine rings is 1. The average Bonchev–Trinajstić information content (AvgIpc) is 3.06. The molecular formula is C18H22N4O2S. The molecule has 6 nitrogen and oxygen atoms in total. The van der Waals surface area contributed by atoms with Crippen molar-refractivity contribution in [2.24, 2.45) is 5.92 Å². The third-order valence-corrected chi connectivity index (χ3v) is 5.51. The van der Waals surface area contributed by atoms with E-state index in [9.17, 15) is 9.59 Å². The molecule has 2 amide bonds. The van der Waals surface area contributed by atoms with Crippen molar-refractivity contribution in [3.63, 3.8) is 0 Å². The monoisotopic (exact) mass is 358 g/mol. The molecule has 0 atom stereocenters. The van der Waals surface area contributed by atoms with Crippen molar-refractivity contribution in [1.29, 1.82) is 0 Å². The molecule has 2 aromatic rings. The number of aryl methyl sites for hydroxylation is 1. The lowest BCUT2D eigenvalue weighted by molar-refractivity contribution is -0.134. The Labute approximate surface area is 151 Å². The molecule has 7 heteroatoms. The van der Waals surface area contributed by atoms with Gasteiger partial charge < -0.3 is 9.80 Å². The predicted molar refractivity (Wildman–Crippen MR) is 97.4 cm³/mol. The van der Waals surface area contributed by atoms with E-state index >= 15 is 0 Å². The van der Waals surface area contributed by atoms with E-state index in [0.717, 1.165) is 16.3 Å². The normalized spacial score (nSPS) is 15.2. The van der Waals surface area contributed by atoms with Crippen LogP contribution in [-0.2, 0) is 4.79 Å². The van der Waals surface area contributed by atoms with Crippen LogP contribution in [0.1, 0.15) is 28.9 Å². The number of carbonyl (C=O) groups is 2. The molecule has 3 rings (SSSR count). The van der Waals surface area contributed by atoms with Crippen molar-refractivity contribution in [3.8, 4) is 10.6 Å². The molecule has 1 aliphatic heterocycles. The summed E-state index contributed by atoms with van der Waals surface area (Å²) in [6, 6.07) is 3.58. The fourth-order valence-electron chi connectivity index (χ4n) is 3.11. The molecule has 0 aliphatic carbocycles. The number of carbonyl (C=O) groups excluding carboxylic acids is 2. The lowest BCUT2D eigenvalue weighted by Crippen LogP contribution is -2.42. The fourth-order valence-corrected chi connectivity index (χ4v) is 3.88. The van der Waals surface area contributed by atoms with Crippen LogP contribution in [0, 0.1) is 12.8 Å². The molecule has 0 aromatic carbocycles. The van der Waals surface area contributed by atoms with Gasteiger partial charge in [0.15, 0.2) is 0 Å². The zero-order valence-electron chi connectivity index (χ0n) is 14.7. The zero-order valence-corrected chi connectivity index (χ0v) is 15.5. The Balaban J connectivity index is 1.70.